The molecule has 1 saturated heterocycles. The summed E-state index contributed by atoms with van der Waals surface area (Å²) in [5.74, 6) is -0.380. The van der Waals surface area contributed by atoms with Crippen LogP contribution in [0.2, 0.25) is 5.02 Å². The van der Waals surface area contributed by atoms with Crippen molar-refractivity contribution in [2.45, 2.75) is 39.3 Å². The van der Waals surface area contributed by atoms with Crippen LogP contribution in [0.15, 0.2) is 24.4 Å². The predicted molar refractivity (Wildman–Crippen MR) is 102 cm³/mol. The molecule has 8 heteroatoms. The Kier molecular flexibility index (Phi) is 6.44. The van der Waals surface area contributed by atoms with Gasteiger partial charge in [0.2, 0.25) is 0 Å². The molecule has 1 atom stereocenters. The van der Waals surface area contributed by atoms with Crippen molar-refractivity contribution in [2.24, 2.45) is 0 Å². The third kappa shape index (κ3) is 4.47. The van der Waals surface area contributed by atoms with E-state index >= 15 is 0 Å². The van der Waals surface area contributed by atoms with Crippen LogP contribution in [0.25, 0.3) is 0 Å². The summed E-state index contributed by atoms with van der Waals surface area (Å²) in [4.78, 5) is 16.3. The van der Waals surface area contributed by atoms with E-state index < -0.39 is 0 Å². The van der Waals surface area contributed by atoms with E-state index in [2.05, 4.69) is 15.2 Å². The Labute approximate surface area is 163 Å². The van der Waals surface area contributed by atoms with Gasteiger partial charge in [-0.05, 0) is 45.4 Å². The van der Waals surface area contributed by atoms with E-state index in [0.717, 1.165) is 19.4 Å². The predicted octanol–water partition coefficient (Wildman–Crippen LogP) is 3.39. The van der Waals surface area contributed by atoms with Crippen LogP contribution < -0.4 is 0 Å². The summed E-state index contributed by atoms with van der Waals surface area (Å²) >= 11 is 6.16. The second-order valence-electron chi connectivity index (χ2n) is 6.79. The van der Waals surface area contributed by atoms with E-state index in [1.807, 2.05) is 13.8 Å². The Hall–Kier alpha value is -1.99. The average Bonchev–Trinajstić information content (AvgIpc) is 3.16. The maximum atomic E-state index is 14.1. The van der Waals surface area contributed by atoms with E-state index in [0.29, 0.717) is 42.5 Å². The first-order valence-electron chi connectivity index (χ1n) is 9.39. The fourth-order valence-electron chi connectivity index (χ4n) is 3.52. The summed E-state index contributed by atoms with van der Waals surface area (Å²) < 4.78 is 15.8. The van der Waals surface area contributed by atoms with Gasteiger partial charge in [0.25, 0.3) is 5.91 Å². The molecule has 0 saturated carbocycles. The SMILES string of the molecule is CCN(CC)C(=O)c1cn(C2CCCN(Cc3c(F)cccc3Cl)C2)nn1. The molecule has 27 heavy (non-hydrogen) atoms. The summed E-state index contributed by atoms with van der Waals surface area (Å²) in [5.41, 5.74) is 0.892. The second kappa shape index (κ2) is 8.80. The monoisotopic (exact) mass is 393 g/mol. The van der Waals surface area contributed by atoms with Crippen molar-refractivity contribution in [2.75, 3.05) is 26.2 Å². The fourth-order valence-corrected chi connectivity index (χ4v) is 3.75. The van der Waals surface area contributed by atoms with Crippen LogP contribution in [0.5, 0.6) is 0 Å². The van der Waals surface area contributed by atoms with E-state index in [-0.39, 0.29) is 17.8 Å². The molecule has 146 valence electrons. The molecule has 1 amide bonds. The Morgan fingerprint density at radius 3 is 2.85 bits per heavy atom. The van der Waals surface area contributed by atoms with Crippen molar-refractivity contribution in [3.63, 3.8) is 0 Å². The van der Waals surface area contributed by atoms with Crippen LogP contribution >= 0.6 is 11.6 Å². The van der Waals surface area contributed by atoms with E-state index in [1.54, 1.807) is 27.9 Å². The molecular formula is C19H25ClFN5O. The summed E-state index contributed by atoms with van der Waals surface area (Å²) in [5, 5.41) is 8.70. The summed E-state index contributed by atoms with van der Waals surface area (Å²) in [6.45, 7) is 7.22. The smallest absolute Gasteiger partial charge is 0.276 e. The Morgan fingerprint density at radius 2 is 2.15 bits per heavy atom. The number of carbonyl (C=O) groups is 1. The molecule has 1 aliphatic rings. The maximum absolute atomic E-state index is 14.1. The molecule has 1 aliphatic heterocycles. The number of hydrogen-bond donors (Lipinski definition) is 0. The highest BCUT2D eigenvalue weighted by molar-refractivity contribution is 6.31. The van der Waals surface area contributed by atoms with Crippen molar-refractivity contribution in [3.8, 4) is 0 Å². The molecule has 0 spiro atoms. The molecule has 0 aliphatic carbocycles. The van der Waals surface area contributed by atoms with Gasteiger partial charge in [0.1, 0.15) is 5.82 Å². The first-order valence-corrected chi connectivity index (χ1v) is 9.77. The zero-order valence-electron chi connectivity index (χ0n) is 15.7. The molecule has 1 aromatic heterocycles. The number of amides is 1. The van der Waals surface area contributed by atoms with Crippen molar-refractivity contribution in [1.82, 2.24) is 24.8 Å². The van der Waals surface area contributed by atoms with Gasteiger partial charge >= 0.3 is 0 Å². The highest BCUT2D eigenvalue weighted by Crippen LogP contribution is 2.26. The first kappa shape index (κ1) is 19.8. The normalized spacial score (nSPS) is 17.9. The standard InChI is InChI=1S/C19H25ClFN5O/c1-3-25(4-2)19(27)18-13-26(23-22-18)14-7-6-10-24(11-14)12-15-16(20)8-5-9-17(15)21/h5,8-9,13-14H,3-4,6-7,10-12H2,1-2H3. The number of hydrogen-bond acceptors (Lipinski definition) is 4. The Morgan fingerprint density at radius 1 is 1.37 bits per heavy atom. The van der Waals surface area contributed by atoms with Gasteiger partial charge in [-0.15, -0.1) is 5.10 Å². The molecule has 0 N–H and O–H groups in total. The van der Waals surface area contributed by atoms with Gasteiger partial charge in [0.05, 0.1) is 12.2 Å². The van der Waals surface area contributed by atoms with E-state index in [9.17, 15) is 9.18 Å². The van der Waals surface area contributed by atoms with Crippen LogP contribution in [0.3, 0.4) is 0 Å². The molecule has 2 aromatic rings. The lowest BCUT2D eigenvalue weighted by Crippen LogP contribution is -2.36. The molecule has 0 radical (unpaired) electrons. The number of rotatable bonds is 6. The lowest BCUT2D eigenvalue weighted by atomic mass is 10.0. The highest BCUT2D eigenvalue weighted by Gasteiger charge is 2.25. The van der Waals surface area contributed by atoms with Gasteiger partial charge in [0, 0.05) is 36.8 Å². The van der Waals surface area contributed by atoms with Gasteiger partial charge in [-0.1, -0.05) is 22.9 Å². The van der Waals surface area contributed by atoms with Crippen LogP contribution in [-0.2, 0) is 6.54 Å². The zero-order chi connectivity index (χ0) is 19.4. The fraction of sp³-hybridized carbons (Fsp3) is 0.526. The molecular weight excluding hydrogens is 369 g/mol. The largest absolute Gasteiger partial charge is 0.338 e. The van der Waals surface area contributed by atoms with Crippen LogP contribution in [-0.4, -0.2) is 56.9 Å². The van der Waals surface area contributed by atoms with Gasteiger partial charge in [-0.25, -0.2) is 9.07 Å². The van der Waals surface area contributed by atoms with Gasteiger partial charge in [-0.3, -0.25) is 9.69 Å². The van der Waals surface area contributed by atoms with Gasteiger partial charge in [0.15, 0.2) is 5.69 Å². The van der Waals surface area contributed by atoms with Gasteiger partial charge < -0.3 is 4.90 Å². The van der Waals surface area contributed by atoms with Crippen molar-refractivity contribution < 1.29 is 9.18 Å². The number of halogens is 2. The number of carbonyl (C=O) groups excluding carboxylic acids is 1. The molecule has 2 heterocycles. The van der Waals surface area contributed by atoms with Gasteiger partial charge in [-0.2, -0.15) is 0 Å². The molecule has 1 unspecified atom stereocenters. The van der Waals surface area contributed by atoms with Crippen molar-refractivity contribution >= 4 is 17.5 Å². The quantitative estimate of drug-likeness (QED) is 0.754. The van der Waals surface area contributed by atoms with Crippen LogP contribution in [0.4, 0.5) is 4.39 Å². The highest BCUT2D eigenvalue weighted by atomic mass is 35.5. The third-order valence-electron chi connectivity index (χ3n) is 5.08. The molecule has 0 bridgehead atoms. The minimum atomic E-state index is -0.280. The number of aromatic nitrogens is 3. The van der Waals surface area contributed by atoms with Crippen LogP contribution in [0.1, 0.15) is 48.8 Å². The third-order valence-corrected chi connectivity index (χ3v) is 5.43. The Balaban J connectivity index is 1.69. The van der Waals surface area contributed by atoms with E-state index in [4.69, 9.17) is 11.6 Å². The molecule has 6 nitrogen and oxygen atoms in total. The maximum Gasteiger partial charge on any atom is 0.276 e. The molecule has 1 aromatic carbocycles. The summed E-state index contributed by atoms with van der Waals surface area (Å²) in [6, 6.07) is 4.87. The van der Waals surface area contributed by atoms with Crippen molar-refractivity contribution in [3.05, 3.63) is 46.5 Å². The average molecular weight is 394 g/mol. The second-order valence-corrected chi connectivity index (χ2v) is 7.20. The minimum Gasteiger partial charge on any atom is -0.338 e. The Bertz CT molecular complexity index is 772. The van der Waals surface area contributed by atoms with Crippen molar-refractivity contribution in [1.29, 1.82) is 0 Å². The number of benzene rings is 1. The van der Waals surface area contributed by atoms with E-state index in [1.165, 1.54) is 6.07 Å². The topological polar surface area (TPSA) is 54.3 Å². The summed E-state index contributed by atoms with van der Waals surface area (Å²) in [6.07, 6.45) is 3.64. The minimum absolute atomic E-state index is 0.0999. The number of nitrogens with zero attached hydrogens (tertiary/aromatic N) is 5. The summed E-state index contributed by atoms with van der Waals surface area (Å²) in [7, 11) is 0. The molecule has 1 fully saturated rings. The number of piperidine rings is 1. The lowest BCUT2D eigenvalue weighted by molar-refractivity contribution is 0.0767. The molecule has 3 rings (SSSR count). The number of likely N-dealkylation sites (tertiary alicyclic amines) is 1. The zero-order valence-corrected chi connectivity index (χ0v) is 16.5. The first-order chi connectivity index (χ1) is 13.0. The van der Waals surface area contributed by atoms with Crippen LogP contribution in [0, 0.1) is 5.82 Å². The lowest BCUT2D eigenvalue weighted by Gasteiger charge is -2.32.